The lowest BCUT2D eigenvalue weighted by atomic mass is 10.0. The van der Waals surface area contributed by atoms with Crippen molar-refractivity contribution >= 4 is 17.9 Å². The van der Waals surface area contributed by atoms with E-state index >= 15 is 0 Å². The lowest BCUT2D eigenvalue weighted by Crippen LogP contribution is -2.60. The van der Waals surface area contributed by atoms with Gasteiger partial charge < -0.3 is 10.1 Å². The number of ether oxygens (including phenoxy) is 1. The van der Waals surface area contributed by atoms with E-state index in [0.717, 1.165) is 11.3 Å². The summed E-state index contributed by atoms with van der Waals surface area (Å²) in [4.78, 5) is 38.0. The minimum Gasteiger partial charge on any atom is -0.458 e. The van der Waals surface area contributed by atoms with E-state index in [1.54, 1.807) is 27.7 Å². The van der Waals surface area contributed by atoms with Crippen LogP contribution in [0.1, 0.15) is 68.2 Å². The third-order valence-corrected chi connectivity index (χ3v) is 3.19. The Morgan fingerprint density at radius 2 is 1.59 bits per heavy atom. The molecule has 0 aliphatic rings. The molecule has 1 N–H and O–H groups in total. The van der Waals surface area contributed by atoms with Gasteiger partial charge in [-0.15, -0.1) is 0 Å². The van der Waals surface area contributed by atoms with Gasteiger partial charge >= 0.3 is 12.0 Å². The van der Waals surface area contributed by atoms with E-state index < -0.39 is 29.0 Å². The molecule has 0 radical (unpaired) electrons. The van der Waals surface area contributed by atoms with Gasteiger partial charge in [0, 0.05) is 12.5 Å². The number of rotatable bonds is 5. The summed E-state index contributed by atoms with van der Waals surface area (Å²) in [6, 6.07) is -0.661. The highest BCUT2D eigenvalue weighted by atomic mass is 16.6. The van der Waals surface area contributed by atoms with Gasteiger partial charge in [-0.25, -0.2) is 14.5 Å². The summed E-state index contributed by atoms with van der Waals surface area (Å²) in [5, 5.41) is 2.73. The molecular weight excluding hydrogens is 284 g/mol. The van der Waals surface area contributed by atoms with E-state index in [9.17, 15) is 14.4 Å². The summed E-state index contributed by atoms with van der Waals surface area (Å²) in [5.74, 6) is -1.03. The summed E-state index contributed by atoms with van der Waals surface area (Å²) in [7, 11) is 0. The van der Waals surface area contributed by atoms with Crippen LogP contribution in [0.15, 0.2) is 0 Å². The number of hydrogen-bond acceptors (Lipinski definition) is 4. The van der Waals surface area contributed by atoms with Gasteiger partial charge in [-0.1, -0.05) is 13.8 Å². The number of urea groups is 1. The van der Waals surface area contributed by atoms with Gasteiger partial charge in [0.05, 0.1) is 0 Å². The molecule has 0 aliphatic carbocycles. The van der Waals surface area contributed by atoms with Crippen LogP contribution in [-0.2, 0) is 14.3 Å². The van der Waals surface area contributed by atoms with Crippen LogP contribution in [0.3, 0.4) is 0 Å². The Morgan fingerprint density at radius 1 is 1.09 bits per heavy atom. The number of nitrogens with zero attached hydrogens (tertiary/aromatic N) is 1. The molecule has 1 unspecified atom stereocenters. The molecule has 0 aromatic heterocycles. The molecule has 3 amide bonds. The van der Waals surface area contributed by atoms with Crippen molar-refractivity contribution < 1.29 is 19.1 Å². The fraction of sp³-hybridized carbons (Fsp3) is 0.812. The van der Waals surface area contributed by atoms with Crippen molar-refractivity contribution in [3.63, 3.8) is 0 Å². The van der Waals surface area contributed by atoms with Crippen LogP contribution in [-0.4, -0.2) is 40.0 Å². The van der Waals surface area contributed by atoms with Crippen molar-refractivity contribution in [3.8, 4) is 0 Å². The first-order valence-electron chi connectivity index (χ1n) is 7.73. The molecule has 1 atom stereocenters. The molecule has 0 aromatic rings. The highest BCUT2D eigenvalue weighted by molar-refractivity contribution is 6.00. The van der Waals surface area contributed by atoms with Crippen molar-refractivity contribution in [1.82, 2.24) is 10.2 Å². The number of carbonyl (C=O) groups excluding carboxylic acids is 3. The van der Waals surface area contributed by atoms with E-state index in [2.05, 4.69) is 5.32 Å². The SMILES string of the molecule is CCC(=O)N(C(=O)NC(C)CC)C(C)(C)C(=O)OC(C)(C)C. The zero-order valence-corrected chi connectivity index (χ0v) is 15.1. The molecule has 0 aliphatic heterocycles. The highest BCUT2D eigenvalue weighted by Crippen LogP contribution is 2.22. The third-order valence-electron chi connectivity index (χ3n) is 3.19. The van der Waals surface area contributed by atoms with E-state index in [0.29, 0.717) is 0 Å². The molecule has 0 saturated carbocycles. The van der Waals surface area contributed by atoms with Crippen molar-refractivity contribution in [2.24, 2.45) is 0 Å². The zero-order chi connectivity index (χ0) is 17.7. The van der Waals surface area contributed by atoms with Crippen LogP contribution in [0.25, 0.3) is 0 Å². The maximum Gasteiger partial charge on any atom is 0.332 e. The van der Waals surface area contributed by atoms with Crippen LogP contribution in [0.5, 0.6) is 0 Å². The Morgan fingerprint density at radius 3 is 1.95 bits per heavy atom. The van der Waals surface area contributed by atoms with Crippen LogP contribution in [0, 0.1) is 0 Å². The van der Waals surface area contributed by atoms with Gasteiger partial charge in [0.25, 0.3) is 0 Å². The minimum atomic E-state index is -1.38. The van der Waals surface area contributed by atoms with Crippen LogP contribution >= 0.6 is 0 Å². The summed E-state index contributed by atoms with van der Waals surface area (Å²) in [5.41, 5.74) is -2.07. The molecule has 0 aromatic carbocycles. The second-order valence-corrected chi connectivity index (χ2v) is 6.90. The monoisotopic (exact) mass is 314 g/mol. The number of carbonyl (C=O) groups is 3. The standard InChI is InChI=1S/C16H30N2O4/c1-9-11(3)17-14(21)18(12(19)10-2)16(7,8)13(20)22-15(4,5)6/h11H,9-10H2,1-8H3,(H,17,21). The molecule has 22 heavy (non-hydrogen) atoms. The first-order chi connectivity index (χ1) is 9.86. The Hall–Kier alpha value is -1.59. The second kappa shape index (κ2) is 7.61. The maximum atomic E-state index is 12.4. The lowest BCUT2D eigenvalue weighted by molar-refractivity contribution is -0.169. The molecule has 6 heteroatoms. The number of imide groups is 1. The predicted octanol–water partition coefficient (Wildman–Crippen LogP) is 2.85. The smallest absolute Gasteiger partial charge is 0.332 e. The number of amides is 3. The average Bonchev–Trinajstić information content (AvgIpc) is 2.35. The minimum absolute atomic E-state index is 0.0888. The first kappa shape index (κ1) is 20.4. The van der Waals surface area contributed by atoms with Gasteiger partial charge in [0.1, 0.15) is 11.1 Å². The summed E-state index contributed by atoms with van der Waals surface area (Å²) in [6.07, 6.45) is 0.854. The van der Waals surface area contributed by atoms with Crippen LogP contribution in [0.2, 0.25) is 0 Å². The summed E-state index contributed by atoms with van der Waals surface area (Å²) >= 11 is 0. The van der Waals surface area contributed by atoms with Gasteiger partial charge in [-0.3, -0.25) is 4.79 Å². The Labute approximate surface area is 133 Å². The molecule has 0 spiro atoms. The predicted molar refractivity (Wildman–Crippen MR) is 85.3 cm³/mol. The van der Waals surface area contributed by atoms with Crippen molar-refractivity contribution in [2.75, 3.05) is 0 Å². The quantitative estimate of drug-likeness (QED) is 0.792. The number of nitrogens with one attached hydrogen (secondary N) is 1. The average molecular weight is 314 g/mol. The second-order valence-electron chi connectivity index (χ2n) is 6.90. The molecular formula is C16H30N2O4. The van der Waals surface area contributed by atoms with E-state index in [1.165, 1.54) is 13.8 Å². The van der Waals surface area contributed by atoms with Gasteiger partial charge in [0.15, 0.2) is 0 Å². The van der Waals surface area contributed by atoms with Crippen molar-refractivity contribution in [2.45, 2.75) is 85.4 Å². The molecule has 0 fully saturated rings. The molecule has 128 valence electrons. The van der Waals surface area contributed by atoms with E-state index in [4.69, 9.17) is 4.74 Å². The largest absolute Gasteiger partial charge is 0.458 e. The third kappa shape index (κ3) is 5.66. The Bertz CT molecular complexity index is 424. The normalized spacial score (nSPS) is 13.3. The van der Waals surface area contributed by atoms with Crippen molar-refractivity contribution in [3.05, 3.63) is 0 Å². The topological polar surface area (TPSA) is 75.7 Å². The van der Waals surface area contributed by atoms with Gasteiger partial charge in [-0.05, 0) is 48.0 Å². The van der Waals surface area contributed by atoms with E-state index in [1.807, 2.05) is 13.8 Å². The highest BCUT2D eigenvalue weighted by Gasteiger charge is 2.44. The molecule has 0 saturated heterocycles. The van der Waals surface area contributed by atoms with Crippen LogP contribution in [0.4, 0.5) is 4.79 Å². The maximum absolute atomic E-state index is 12.4. The van der Waals surface area contributed by atoms with Gasteiger partial charge in [-0.2, -0.15) is 0 Å². The van der Waals surface area contributed by atoms with Gasteiger partial charge in [0.2, 0.25) is 5.91 Å². The lowest BCUT2D eigenvalue weighted by Gasteiger charge is -2.37. The summed E-state index contributed by atoms with van der Waals surface area (Å²) in [6.45, 7) is 13.7. The number of esters is 1. The summed E-state index contributed by atoms with van der Waals surface area (Å²) < 4.78 is 5.35. The Kier molecular flexibility index (Phi) is 7.06. The van der Waals surface area contributed by atoms with Crippen molar-refractivity contribution in [1.29, 1.82) is 0 Å². The molecule has 6 nitrogen and oxygen atoms in total. The first-order valence-corrected chi connectivity index (χ1v) is 7.73. The fourth-order valence-electron chi connectivity index (χ4n) is 1.71. The molecule has 0 bridgehead atoms. The van der Waals surface area contributed by atoms with E-state index in [-0.39, 0.29) is 12.5 Å². The molecule has 0 heterocycles. The van der Waals surface area contributed by atoms with Crippen LogP contribution < -0.4 is 5.32 Å². The zero-order valence-electron chi connectivity index (χ0n) is 15.1. The number of hydrogen-bond donors (Lipinski definition) is 1. The molecule has 0 rings (SSSR count). The Balaban J connectivity index is 5.45. The fourth-order valence-corrected chi connectivity index (χ4v) is 1.71.